The molecule has 2 rings (SSSR count). The van der Waals surface area contributed by atoms with E-state index in [4.69, 9.17) is 5.73 Å². The smallest absolute Gasteiger partial charge is 0.233 e. The first-order chi connectivity index (χ1) is 6.83. The van der Waals surface area contributed by atoms with Crippen molar-refractivity contribution in [2.24, 2.45) is 5.73 Å². The van der Waals surface area contributed by atoms with E-state index in [1.807, 2.05) is 24.3 Å². The highest BCUT2D eigenvalue weighted by atomic mass is 16.2. The van der Waals surface area contributed by atoms with Gasteiger partial charge < -0.3 is 5.73 Å². The second kappa shape index (κ2) is 3.59. The Morgan fingerprint density at radius 1 is 1.43 bits per heavy atom. The van der Waals surface area contributed by atoms with Crippen LogP contribution in [0.2, 0.25) is 0 Å². The van der Waals surface area contributed by atoms with E-state index in [9.17, 15) is 4.79 Å². The summed E-state index contributed by atoms with van der Waals surface area (Å²) < 4.78 is 1.54. The summed E-state index contributed by atoms with van der Waals surface area (Å²) in [6.07, 6.45) is 1.89. The molecule has 0 unspecified atom stereocenters. The normalized spacial score (nSPS) is 10.6. The number of benzene rings is 1. The molecule has 0 aliphatic carbocycles. The lowest BCUT2D eigenvalue weighted by molar-refractivity contribution is 0.0910. The van der Waals surface area contributed by atoms with Crippen LogP contribution in [0.1, 0.15) is 11.2 Å². The van der Waals surface area contributed by atoms with Crippen LogP contribution in [-0.4, -0.2) is 22.0 Å². The molecule has 0 spiro atoms. The summed E-state index contributed by atoms with van der Waals surface area (Å²) in [6.45, 7) is 0.366. The fourth-order valence-electron chi connectivity index (χ4n) is 1.40. The van der Waals surface area contributed by atoms with Gasteiger partial charge >= 0.3 is 0 Å². The molecule has 4 heteroatoms. The Morgan fingerprint density at radius 2 is 2.21 bits per heavy atom. The van der Waals surface area contributed by atoms with Gasteiger partial charge in [-0.25, -0.2) is 4.98 Å². The van der Waals surface area contributed by atoms with Crippen LogP contribution in [0.25, 0.3) is 11.0 Å². The van der Waals surface area contributed by atoms with Crippen molar-refractivity contribution < 1.29 is 4.79 Å². The monoisotopic (exact) mass is 189 g/mol. The Kier molecular flexibility index (Phi) is 2.28. The maximum Gasteiger partial charge on any atom is 0.233 e. The summed E-state index contributed by atoms with van der Waals surface area (Å²) >= 11 is 0. The number of carbonyl (C=O) groups is 1. The van der Waals surface area contributed by atoms with Crippen molar-refractivity contribution in [3.8, 4) is 0 Å². The third-order valence-electron chi connectivity index (χ3n) is 2.08. The molecule has 0 bridgehead atoms. The quantitative estimate of drug-likeness (QED) is 0.767. The van der Waals surface area contributed by atoms with Gasteiger partial charge in [0.15, 0.2) is 0 Å². The first-order valence-electron chi connectivity index (χ1n) is 4.48. The van der Waals surface area contributed by atoms with Crippen molar-refractivity contribution in [2.75, 3.05) is 6.54 Å². The van der Waals surface area contributed by atoms with E-state index in [0.29, 0.717) is 13.0 Å². The summed E-state index contributed by atoms with van der Waals surface area (Å²) in [4.78, 5) is 15.7. The molecule has 1 aromatic carbocycles. The summed E-state index contributed by atoms with van der Waals surface area (Å²) in [7, 11) is 0. The predicted octanol–water partition coefficient (Wildman–Crippen LogP) is 1.03. The molecule has 0 atom stereocenters. The minimum atomic E-state index is -0.0128. The van der Waals surface area contributed by atoms with Gasteiger partial charge in [-0.15, -0.1) is 0 Å². The van der Waals surface area contributed by atoms with Gasteiger partial charge in [-0.05, 0) is 12.1 Å². The number of para-hydroxylation sites is 2. The molecule has 2 N–H and O–H groups in total. The minimum Gasteiger partial charge on any atom is -0.330 e. The van der Waals surface area contributed by atoms with E-state index in [-0.39, 0.29) is 5.91 Å². The van der Waals surface area contributed by atoms with Gasteiger partial charge in [-0.3, -0.25) is 9.36 Å². The molecule has 1 heterocycles. The molecule has 72 valence electrons. The average molecular weight is 189 g/mol. The number of nitrogens with two attached hydrogens (primary N) is 1. The summed E-state index contributed by atoms with van der Waals surface area (Å²) in [5.41, 5.74) is 7.00. The molecular weight excluding hydrogens is 178 g/mol. The Morgan fingerprint density at radius 3 is 3.00 bits per heavy atom. The van der Waals surface area contributed by atoms with Crippen LogP contribution in [0, 0.1) is 0 Å². The molecule has 0 amide bonds. The van der Waals surface area contributed by atoms with Crippen LogP contribution < -0.4 is 5.73 Å². The van der Waals surface area contributed by atoms with Gasteiger partial charge in [0.2, 0.25) is 5.91 Å². The van der Waals surface area contributed by atoms with Crippen LogP contribution in [0.15, 0.2) is 30.6 Å². The highest BCUT2D eigenvalue weighted by Crippen LogP contribution is 2.11. The maximum absolute atomic E-state index is 11.6. The molecule has 0 aliphatic rings. The van der Waals surface area contributed by atoms with Gasteiger partial charge in [0, 0.05) is 13.0 Å². The van der Waals surface area contributed by atoms with Crippen molar-refractivity contribution in [3.05, 3.63) is 30.6 Å². The fraction of sp³-hybridized carbons (Fsp3) is 0.200. The standard InChI is InChI=1S/C10H11N3O/c11-6-5-10(14)13-7-12-8-3-1-2-4-9(8)13/h1-4,7H,5-6,11H2. The summed E-state index contributed by atoms with van der Waals surface area (Å²) in [5, 5.41) is 0. The number of rotatable bonds is 2. The van der Waals surface area contributed by atoms with Crippen molar-refractivity contribution in [3.63, 3.8) is 0 Å². The Hall–Kier alpha value is -1.68. The number of hydrogen-bond donors (Lipinski definition) is 1. The summed E-state index contributed by atoms with van der Waals surface area (Å²) in [6, 6.07) is 7.53. The highest BCUT2D eigenvalue weighted by Gasteiger charge is 2.07. The summed E-state index contributed by atoms with van der Waals surface area (Å²) in [5.74, 6) is -0.0128. The third-order valence-corrected chi connectivity index (χ3v) is 2.08. The SMILES string of the molecule is NCCC(=O)n1cnc2ccccc21. The molecule has 0 aliphatic heterocycles. The lowest BCUT2D eigenvalue weighted by Crippen LogP contribution is -2.14. The van der Waals surface area contributed by atoms with Crippen LogP contribution in [0.3, 0.4) is 0 Å². The van der Waals surface area contributed by atoms with Gasteiger partial charge in [0.25, 0.3) is 0 Å². The number of nitrogens with zero attached hydrogens (tertiary/aromatic N) is 2. The van der Waals surface area contributed by atoms with E-state index in [1.54, 1.807) is 10.9 Å². The zero-order valence-corrected chi connectivity index (χ0v) is 7.68. The topological polar surface area (TPSA) is 60.9 Å². The van der Waals surface area contributed by atoms with Gasteiger partial charge in [0.1, 0.15) is 6.33 Å². The van der Waals surface area contributed by atoms with Crippen LogP contribution in [-0.2, 0) is 0 Å². The zero-order valence-electron chi connectivity index (χ0n) is 7.68. The molecule has 0 saturated heterocycles. The molecule has 4 nitrogen and oxygen atoms in total. The van der Waals surface area contributed by atoms with E-state index in [0.717, 1.165) is 11.0 Å². The molecule has 1 aromatic heterocycles. The zero-order chi connectivity index (χ0) is 9.97. The molecule has 0 fully saturated rings. The van der Waals surface area contributed by atoms with E-state index in [1.165, 1.54) is 0 Å². The molecular formula is C10H11N3O. The fourth-order valence-corrected chi connectivity index (χ4v) is 1.40. The number of aromatic nitrogens is 2. The average Bonchev–Trinajstić information content (AvgIpc) is 2.61. The number of hydrogen-bond acceptors (Lipinski definition) is 3. The van der Waals surface area contributed by atoms with Gasteiger partial charge in [-0.2, -0.15) is 0 Å². The minimum absolute atomic E-state index is 0.0128. The number of imidazole rings is 1. The van der Waals surface area contributed by atoms with Crippen molar-refractivity contribution in [2.45, 2.75) is 6.42 Å². The molecule has 0 saturated carbocycles. The lowest BCUT2D eigenvalue weighted by Gasteiger charge is -2.00. The Bertz CT molecular complexity index is 461. The number of fused-ring (bicyclic) bond motifs is 1. The lowest BCUT2D eigenvalue weighted by atomic mass is 10.3. The number of carbonyl (C=O) groups excluding carboxylic acids is 1. The largest absolute Gasteiger partial charge is 0.330 e. The van der Waals surface area contributed by atoms with Crippen molar-refractivity contribution in [1.82, 2.24) is 9.55 Å². The van der Waals surface area contributed by atoms with Crippen LogP contribution in [0.5, 0.6) is 0 Å². The van der Waals surface area contributed by atoms with Crippen molar-refractivity contribution in [1.29, 1.82) is 0 Å². The Balaban J connectivity index is 2.47. The van der Waals surface area contributed by atoms with Crippen molar-refractivity contribution >= 4 is 16.9 Å². The maximum atomic E-state index is 11.6. The van der Waals surface area contributed by atoms with Crippen LogP contribution in [0.4, 0.5) is 0 Å². The Labute approximate surface area is 81.3 Å². The highest BCUT2D eigenvalue weighted by molar-refractivity contribution is 5.90. The first-order valence-corrected chi connectivity index (χ1v) is 4.48. The van der Waals surface area contributed by atoms with Crippen LogP contribution >= 0.6 is 0 Å². The third kappa shape index (κ3) is 1.40. The predicted molar refractivity (Wildman–Crippen MR) is 54.0 cm³/mol. The van der Waals surface area contributed by atoms with E-state index >= 15 is 0 Å². The van der Waals surface area contributed by atoms with Gasteiger partial charge in [-0.1, -0.05) is 12.1 Å². The van der Waals surface area contributed by atoms with E-state index in [2.05, 4.69) is 4.98 Å². The van der Waals surface area contributed by atoms with E-state index < -0.39 is 0 Å². The molecule has 0 radical (unpaired) electrons. The van der Waals surface area contributed by atoms with Gasteiger partial charge in [0.05, 0.1) is 11.0 Å². The molecule has 14 heavy (non-hydrogen) atoms. The first kappa shape index (κ1) is 8.90. The molecule has 2 aromatic rings. The second-order valence-electron chi connectivity index (χ2n) is 3.04. The second-order valence-corrected chi connectivity index (χ2v) is 3.04.